The van der Waals surface area contributed by atoms with E-state index >= 15 is 0 Å². The van der Waals surface area contributed by atoms with Gasteiger partial charge in [-0.25, -0.2) is 0 Å². The van der Waals surface area contributed by atoms with Crippen molar-refractivity contribution in [2.75, 3.05) is 13.2 Å². The minimum Gasteiger partial charge on any atom is -0.472 e. The van der Waals surface area contributed by atoms with Crippen LogP contribution in [0.25, 0.3) is 0 Å². The van der Waals surface area contributed by atoms with Gasteiger partial charge in [0.15, 0.2) is 0 Å². The number of amides is 2. The zero-order valence-electron chi connectivity index (χ0n) is 12.9. The summed E-state index contributed by atoms with van der Waals surface area (Å²) in [6.07, 6.45) is 2.72. The first-order chi connectivity index (χ1) is 11.1. The van der Waals surface area contributed by atoms with Gasteiger partial charge in [-0.1, -0.05) is 30.3 Å². The molecule has 0 spiro atoms. The second kappa shape index (κ2) is 8.14. The van der Waals surface area contributed by atoms with Gasteiger partial charge in [0.1, 0.15) is 12.3 Å². The number of rotatable bonds is 7. The van der Waals surface area contributed by atoms with Crippen molar-refractivity contribution in [3.63, 3.8) is 0 Å². The van der Waals surface area contributed by atoms with E-state index in [1.54, 1.807) is 6.92 Å². The number of furan rings is 1. The summed E-state index contributed by atoms with van der Waals surface area (Å²) in [5.74, 6) is -0.622. The van der Waals surface area contributed by atoms with Gasteiger partial charge in [-0.3, -0.25) is 9.59 Å². The summed E-state index contributed by atoms with van der Waals surface area (Å²) in [5, 5.41) is 11.8. The normalized spacial score (nSPS) is 11.7. The van der Waals surface area contributed by atoms with Crippen molar-refractivity contribution in [2.24, 2.45) is 0 Å². The van der Waals surface area contributed by atoms with E-state index in [2.05, 4.69) is 5.32 Å². The van der Waals surface area contributed by atoms with E-state index in [0.717, 1.165) is 5.56 Å². The summed E-state index contributed by atoms with van der Waals surface area (Å²) >= 11 is 0. The Kier molecular flexibility index (Phi) is 5.94. The molecule has 0 bridgehead atoms. The number of hydrogen-bond acceptors (Lipinski definition) is 4. The second-order valence-corrected chi connectivity index (χ2v) is 5.18. The van der Waals surface area contributed by atoms with Crippen molar-refractivity contribution in [3.05, 3.63) is 60.1 Å². The molecule has 2 rings (SSSR count). The number of hydrogen-bond donors (Lipinski definition) is 2. The van der Waals surface area contributed by atoms with Crippen LogP contribution in [0.4, 0.5) is 0 Å². The van der Waals surface area contributed by atoms with Gasteiger partial charge in [0.2, 0.25) is 5.91 Å². The zero-order chi connectivity index (χ0) is 16.7. The van der Waals surface area contributed by atoms with E-state index in [1.165, 1.54) is 23.5 Å². The van der Waals surface area contributed by atoms with Crippen LogP contribution in [0.3, 0.4) is 0 Å². The number of aliphatic hydroxyl groups is 1. The van der Waals surface area contributed by atoms with Crippen LogP contribution in [0.2, 0.25) is 0 Å². The minimum absolute atomic E-state index is 0.138. The Balaban J connectivity index is 2.00. The molecule has 0 aliphatic carbocycles. The predicted octanol–water partition coefficient (Wildman–Crippen LogP) is 1.42. The molecule has 0 radical (unpaired) electrons. The topological polar surface area (TPSA) is 82.8 Å². The summed E-state index contributed by atoms with van der Waals surface area (Å²) in [7, 11) is 0. The average Bonchev–Trinajstić information content (AvgIpc) is 3.09. The van der Waals surface area contributed by atoms with Crippen molar-refractivity contribution in [1.29, 1.82) is 0 Å². The standard InChI is InChI=1S/C17H20N2O4/c1-13(18-16(21)15-7-10-23-12-15)17(22)19(8-9-20)11-14-5-3-2-4-6-14/h2-7,10,12-13,20H,8-9,11H2,1H3,(H,18,21). The van der Waals surface area contributed by atoms with E-state index in [0.29, 0.717) is 12.1 Å². The summed E-state index contributed by atoms with van der Waals surface area (Å²) in [6, 6.07) is 10.3. The Labute approximate surface area is 134 Å². The van der Waals surface area contributed by atoms with Gasteiger partial charge in [-0.05, 0) is 18.6 Å². The minimum atomic E-state index is -0.701. The van der Waals surface area contributed by atoms with E-state index in [4.69, 9.17) is 4.42 Å². The number of benzene rings is 1. The van der Waals surface area contributed by atoms with E-state index in [1.807, 2.05) is 30.3 Å². The molecule has 0 fully saturated rings. The molecule has 23 heavy (non-hydrogen) atoms. The summed E-state index contributed by atoms with van der Waals surface area (Å²) < 4.78 is 4.85. The van der Waals surface area contributed by atoms with Gasteiger partial charge < -0.3 is 19.7 Å². The first-order valence-electron chi connectivity index (χ1n) is 7.38. The SMILES string of the molecule is CC(NC(=O)c1ccoc1)C(=O)N(CCO)Cc1ccccc1. The highest BCUT2D eigenvalue weighted by Gasteiger charge is 2.22. The number of nitrogens with one attached hydrogen (secondary N) is 1. The molecule has 1 heterocycles. The average molecular weight is 316 g/mol. The van der Waals surface area contributed by atoms with Crippen LogP contribution < -0.4 is 5.32 Å². The quantitative estimate of drug-likeness (QED) is 0.809. The Bertz CT molecular complexity index is 625. The van der Waals surface area contributed by atoms with Crippen molar-refractivity contribution in [1.82, 2.24) is 10.2 Å². The maximum Gasteiger partial charge on any atom is 0.255 e. The Morgan fingerprint density at radius 2 is 2.00 bits per heavy atom. The lowest BCUT2D eigenvalue weighted by Gasteiger charge is -2.25. The first kappa shape index (κ1) is 16.8. The molecule has 0 aliphatic rings. The lowest BCUT2D eigenvalue weighted by atomic mass is 10.2. The molecule has 1 aromatic heterocycles. The van der Waals surface area contributed by atoms with E-state index in [9.17, 15) is 14.7 Å². The molecule has 122 valence electrons. The molecule has 0 saturated carbocycles. The Morgan fingerprint density at radius 3 is 2.61 bits per heavy atom. The highest BCUT2D eigenvalue weighted by molar-refractivity contribution is 5.97. The Morgan fingerprint density at radius 1 is 1.26 bits per heavy atom. The molecule has 6 heteroatoms. The summed E-state index contributed by atoms with van der Waals surface area (Å²) in [6.45, 7) is 2.07. The first-order valence-corrected chi connectivity index (χ1v) is 7.38. The van der Waals surface area contributed by atoms with Gasteiger partial charge in [-0.15, -0.1) is 0 Å². The van der Waals surface area contributed by atoms with Crippen molar-refractivity contribution < 1.29 is 19.1 Å². The molecule has 2 N–H and O–H groups in total. The van der Waals surface area contributed by atoms with E-state index in [-0.39, 0.29) is 25.0 Å². The smallest absolute Gasteiger partial charge is 0.255 e. The fourth-order valence-electron chi connectivity index (χ4n) is 2.20. The van der Waals surface area contributed by atoms with Crippen molar-refractivity contribution >= 4 is 11.8 Å². The van der Waals surface area contributed by atoms with Crippen molar-refractivity contribution in [2.45, 2.75) is 19.5 Å². The molecule has 2 aromatic rings. The molecule has 0 aliphatic heterocycles. The van der Waals surface area contributed by atoms with Gasteiger partial charge in [-0.2, -0.15) is 0 Å². The van der Waals surface area contributed by atoms with Crippen LogP contribution in [0.5, 0.6) is 0 Å². The van der Waals surface area contributed by atoms with Crippen LogP contribution in [0.1, 0.15) is 22.8 Å². The summed E-state index contributed by atoms with van der Waals surface area (Å²) in [5.41, 5.74) is 1.32. The number of aliphatic hydroxyl groups excluding tert-OH is 1. The summed E-state index contributed by atoms with van der Waals surface area (Å²) in [4.78, 5) is 26.0. The Hall–Kier alpha value is -2.60. The van der Waals surface area contributed by atoms with Crippen LogP contribution >= 0.6 is 0 Å². The van der Waals surface area contributed by atoms with Crippen LogP contribution in [-0.4, -0.2) is 41.0 Å². The second-order valence-electron chi connectivity index (χ2n) is 5.18. The molecular weight excluding hydrogens is 296 g/mol. The zero-order valence-corrected chi connectivity index (χ0v) is 12.9. The van der Waals surface area contributed by atoms with Gasteiger partial charge >= 0.3 is 0 Å². The van der Waals surface area contributed by atoms with Crippen LogP contribution in [0, 0.1) is 0 Å². The monoisotopic (exact) mass is 316 g/mol. The molecule has 2 amide bonds. The van der Waals surface area contributed by atoms with Gasteiger partial charge in [0.25, 0.3) is 5.91 Å². The number of carbonyl (C=O) groups excluding carboxylic acids is 2. The molecule has 1 unspecified atom stereocenters. The third-order valence-electron chi connectivity index (χ3n) is 3.40. The predicted molar refractivity (Wildman–Crippen MR) is 84.6 cm³/mol. The fourth-order valence-corrected chi connectivity index (χ4v) is 2.20. The molecule has 6 nitrogen and oxygen atoms in total. The third kappa shape index (κ3) is 4.69. The highest BCUT2D eigenvalue weighted by Crippen LogP contribution is 2.07. The largest absolute Gasteiger partial charge is 0.472 e. The lowest BCUT2D eigenvalue weighted by Crippen LogP contribution is -2.47. The van der Waals surface area contributed by atoms with Crippen molar-refractivity contribution in [3.8, 4) is 0 Å². The lowest BCUT2D eigenvalue weighted by molar-refractivity contribution is -0.134. The van der Waals surface area contributed by atoms with Gasteiger partial charge in [0, 0.05) is 13.1 Å². The molecular formula is C17H20N2O4. The highest BCUT2D eigenvalue weighted by atomic mass is 16.3. The maximum absolute atomic E-state index is 12.5. The number of nitrogens with zero attached hydrogens (tertiary/aromatic N) is 1. The molecule has 1 atom stereocenters. The van der Waals surface area contributed by atoms with Gasteiger partial charge in [0.05, 0.1) is 18.4 Å². The molecule has 1 aromatic carbocycles. The maximum atomic E-state index is 12.5. The van der Waals surface area contributed by atoms with Crippen LogP contribution in [0.15, 0.2) is 53.3 Å². The number of carbonyl (C=O) groups is 2. The molecule has 0 saturated heterocycles. The van der Waals surface area contributed by atoms with E-state index < -0.39 is 6.04 Å². The van der Waals surface area contributed by atoms with Crippen LogP contribution in [-0.2, 0) is 11.3 Å². The fraction of sp³-hybridized carbons (Fsp3) is 0.294. The third-order valence-corrected chi connectivity index (χ3v) is 3.40.